The number of imidazole rings is 1. The Morgan fingerprint density at radius 1 is 1.04 bits per heavy atom. The molecule has 3 rings (SSSR count). The van der Waals surface area contributed by atoms with Crippen LogP contribution in [0.1, 0.15) is 10.5 Å². The molecular weight excluding hydrogens is 348 g/mol. The predicted octanol–water partition coefficient (Wildman–Crippen LogP) is 3.41. The molecule has 5 nitrogen and oxygen atoms in total. The van der Waals surface area contributed by atoms with E-state index < -0.39 is 9.84 Å². The van der Waals surface area contributed by atoms with Gasteiger partial charge in [0.15, 0.2) is 16.1 Å². The van der Waals surface area contributed by atoms with E-state index in [0.29, 0.717) is 22.7 Å². The second kappa shape index (κ2) is 6.22. The van der Waals surface area contributed by atoms with E-state index in [1.807, 2.05) is 12.1 Å². The number of benzene rings is 2. The highest BCUT2D eigenvalue weighted by atomic mass is 35.5. The Balaban J connectivity index is 2.12. The number of hydrogen-bond acceptors (Lipinski definition) is 4. The Hall–Kier alpha value is -2.44. The molecule has 0 saturated heterocycles. The highest BCUT2D eigenvalue weighted by Crippen LogP contribution is 2.25. The first kappa shape index (κ1) is 16.4. The van der Waals surface area contributed by atoms with Gasteiger partial charge in [0.2, 0.25) is 0 Å². The summed E-state index contributed by atoms with van der Waals surface area (Å²) in [5.41, 5.74) is 1.78. The van der Waals surface area contributed by atoms with Gasteiger partial charge in [-0.15, -0.1) is 0 Å². The first-order chi connectivity index (χ1) is 11.4. The number of sulfone groups is 1. The lowest BCUT2D eigenvalue weighted by molar-refractivity contribution is 0.111. The maximum atomic E-state index is 11.6. The maximum Gasteiger partial charge on any atom is 0.175 e. The molecular formula is C17H13ClN2O3S. The molecule has 2 aromatic carbocycles. The van der Waals surface area contributed by atoms with Crippen LogP contribution in [0.3, 0.4) is 0 Å². The molecule has 0 saturated carbocycles. The van der Waals surface area contributed by atoms with Crippen LogP contribution in [-0.4, -0.2) is 30.5 Å². The first-order valence-corrected chi connectivity index (χ1v) is 9.26. The van der Waals surface area contributed by atoms with Crippen molar-refractivity contribution in [3.8, 4) is 17.1 Å². The van der Waals surface area contributed by atoms with E-state index in [-0.39, 0.29) is 10.6 Å². The van der Waals surface area contributed by atoms with Crippen LogP contribution in [0.25, 0.3) is 17.1 Å². The Kier molecular flexibility index (Phi) is 4.26. The second-order valence-corrected chi connectivity index (χ2v) is 7.70. The van der Waals surface area contributed by atoms with E-state index >= 15 is 0 Å². The molecule has 0 aliphatic heterocycles. The van der Waals surface area contributed by atoms with Crippen LogP contribution < -0.4 is 0 Å². The number of rotatable bonds is 4. The summed E-state index contributed by atoms with van der Waals surface area (Å²) in [4.78, 5) is 15.6. The Morgan fingerprint density at radius 2 is 1.67 bits per heavy atom. The fourth-order valence-corrected chi connectivity index (χ4v) is 3.07. The summed E-state index contributed by atoms with van der Waals surface area (Å²) < 4.78 is 24.9. The van der Waals surface area contributed by atoms with E-state index in [1.165, 1.54) is 12.1 Å². The van der Waals surface area contributed by atoms with Crippen LogP contribution in [0.15, 0.2) is 59.6 Å². The van der Waals surface area contributed by atoms with Crippen molar-refractivity contribution in [2.45, 2.75) is 4.90 Å². The second-order valence-electron chi connectivity index (χ2n) is 5.25. The van der Waals surface area contributed by atoms with Crippen LogP contribution in [0.2, 0.25) is 5.02 Å². The van der Waals surface area contributed by atoms with E-state index in [4.69, 9.17) is 11.6 Å². The minimum absolute atomic E-state index is 0.228. The molecule has 1 aromatic heterocycles. The predicted molar refractivity (Wildman–Crippen MR) is 92.5 cm³/mol. The number of hydrogen-bond donors (Lipinski definition) is 0. The zero-order valence-electron chi connectivity index (χ0n) is 12.7. The fourth-order valence-electron chi connectivity index (χ4n) is 2.31. The van der Waals surface area contributed by atoms with Gasteiger partial charge in [-0.2, -0.15) is 0 Å². The maximum absolute atomic E-state index is 11.6. The topological polar surface area (TPSA) is 69.0 Å². The molecule has 0 atom stereocenters. The van der Waals surface area contributed by atoms with Crippen LogP contribution in [0, 0.1) is 0 Å². The molecule has 122 valence electrons. The quantitative estimate of drug-likeness (QED) is 0.668. The van der Waals surface area contributed by atoms with Gasteiger partial charge in [-0.3, -0.25) is 9.36 Å². The van der Waals surface area contributed by atoms with Crippen molar-refractivity contribution in [2.24, 2.45) is 0 Å². The van der Waals surface area contributed by atoms with Crippen LogP contribution in [0.4, 0.5) is 0 Å². The third-order valence-corrected chi connectivity index (χ3v) is 4.87. The van der Waals surface area contributed by atoms with Gasteiger partial charge in [-0.05, 0) is 48.5 Å². The van der Waals surface area contributed by atoms with Crippen molar-refractivity contribution >= 4 is 27.7 Å². The Labute approximate surface area is 144 Å². The monoisotopic (exact) mass is 360 g/mol. The number of carbonyl (C=O) groups excluding carboxylic acids is 1. The summed E-state index contributed by atoms with van der Waals surface area (Å²) in [5, 5.41) is 0.605. The van der Waals surface area contributed by atoms with Crippen molar-refractivity contribution in [2.75, 3.05) is 6.26 Å². The summed E-state index contributed by atoms with van der Waals surface area (Å²) >= 11 is 5.91. The zero-order chi connectivity index (χ0) is 17.3. The summed E-state index contributed by atoms with van der Waals surface area (Å²) in [6.45, 7) is 0. The number of halogens is 1. The Morgan fingerprint density at radius 3 is 2.21 bits per heavy atom. The van der Waals surface area contributed by atoms with Crippen molar-refractivity contribution < 1.29 is 13.2 Å². The number of aldehydes is 1. The molecule has 0 unspecified atom stereocenters. The highest BCUT2D eigenvalue weighted by molar-refractivity contribution is 7.90. The van der Waals surface area contributed by atoms with E-state index in [2.05, 4.69) is 4.98 Å². The van der Waals surface area contributed by atoms with Gasteiger partial charge in [-0.25, -0.2) is 13.4 Å². The van der Waals surface area contributed by atoms with Gasteiger partial charge in [-0.1, -0.05) is 11.6 Å². The largest absolute Gasteiger partial charge is 0.299 e. The molecule has 7 heteroatoms. The standard InChI is InChI=1S/C17H13ClN2O3S/c1-24(22,23)16-8-2-12(3-9-16)17-19-14(11-21)10-20(17)15-6-4-13(18)5-7-15/h2-11H,1H3. The van der Waals surface area contributed by atoms with Gasteiger partial charge in [0.05, 0.1) is 4.90 Å². The average molecular weight is 361 g/mol. The summed E-state index contributed by atoms with van der Waals surface area (Å²) in [7, 11) is -3.27. The smallest absolute Gasteiger partial charge is 0.175 e. The SMILES string of the molecule is CS(=O)(=O)c1ccc(-c2nc(C=O)cn2-c2ccc(Cl)cc2)cc1. The van der Waals surface area contributed by atoms with Crippen molar-refractivity contribution in [1.29, 1.82) is 0 Å². The third kappa shape index (κ3) is 3.25. The Bertz CT molecular complexity index is 991. The average Bonchev–Trinajstić information content (AvgIpc) is 2.99. The minimum Gasteiger partial charge on any atom is -0.299 e. The first-order valence-electron chi connectivity index (χ1n) is 6.99. The number of aromatic nitrogens is 2. The highest BCUT2D eigenvalue weighted by Gasteiger charge is 2.13. The lowest BCUT2D eigenvalue weighted by Crippen LogP contribution is -1.98. The van der Waals surface area contributed by atoms with E-state index in [1.54, 1.807) is 35.0 Å². The molecule has 0 aliphatic carbocycles. The van der Waals surface area contributed by atoms with Gasteiger partial charge in [0, 0.05) is 28.7 Å². The molecule has 0 bridgehead atoms. The molecule has 1 heterocycles. The van der Waals surface area contributed by atoms with Crippen molar-refractivity contribution in [1.82, 2.24) is 9.55 Å². The summed E-state index contributed by atoms with van der Waals surface area (Å²) in [5.74, 6) is 0.541. The number of carbonyl (C=O) groups is 1. The minimum atomic E-state index is -3.27. The molecule has 0 N–H and O–H groups in total. The summed E-state index contributed by atoms with van der Waals surface area (Å²) in [6.07, 6.45) is 3.44. The molecule has 0 fully saturated rings. The summed E-state index contributed by atoms with van der Waals surface area (Å²) in [6, 6.07) is 13.5. The lowest BCUT2D eigenvalue weighted by Gasteiger charge is -2.08. The van der Waals surface area contributed by atoms with Crippen molar-refractivity contribution in [3.05, 3.63) is 65.4 Å². The van der Waals surface area contributed by atoms with Gasteiger partial charge in [0.1, 0.15) is 11.5 Å². The van der Waals surface area contributed by atoms with Gasteiger partial charge < -0.3 is 0 Å². The molecule has 3 aromatic rings. The zero-order valence-corrected chi connectivity index (χ0v) is 14.3. The normalized spacial score (nSPS) is 11.4. The van der Waals surface area contributed by atoms with Crippen molar-refractivity contribution in [3.63, 3.8) is 0 Å². The van der Waals surface area contributed by atoms with Gasteiger partial charge >= 0.3 is 0 Å². The van der Waals surface area contributed by atoms with E-state index in [0.717, 1.165) is 11.9 Å². The van der Waals surface area contributed by atoms with Crippen LogP contribution in [-0.2, 0) is 9.84 Å². The van der Waals surface area contributed by atoms with E-state index in [9.17, 15) is 13.2 Å². The third-order valence-electron chi connectivity index (χ3n) is 3.49. The molecule has 0 spiro atoms. The lowest BCUT2D eigenvalue weighted by atomic mass is 10.2. The fraction of sp³-hybridized carbons (Fsp3) is 0.0588. The van der Waals surface area contributed by atoms with Crippen LogP contribution >= 0.6 is 11.6 Å². The molecule has 24 heavy (non-hydrogen) atoms. The van der Waals surface area contributed by atoms with Crippen LogP contribution in [0.5, 0.6) is 0 Å². The van der Waals surface area contributed by atoms with Gasteiger partial charge in [0.25, 0.3) is 0 Å². The number of nitrogens with zero attached hydrogens (tertiary/aromatic N) is 2. The molecule has 0 radical (unpaired) electrons. The molecule has 0 aliphatic rings. The molecule has 0 amide bonds.